The number of hydrogen-bond donors (Lipinski definition) is 0. The molecule has 0 aliphatic rings. The number of methoxy groups -OCH3 is 2. The van der Waals surface area contributed by atoms with Crippen molar-refractivity contribution in [2.75, 3.05) is 14.2 Å². The summed E-state index contributed by atoms with van der Waals surface area (Å²) in [4.78, 5) is 4.48. The van der Waals surface area contributed by atoms with E-state index in [1.807, 2.05) is 29.8 Å². The summed E-state index contributed by atoms with van der Waals surface area (Å²) in [5, 5.41) is 0. The molecule has 3 rings (SSSR count). The van der Waals surface area contributed by atoms with Crippen molar-refractivity contribution in [3.8, 4) is 34.0 Å². The highest BCUT2D eigenvalue weighted by atomic mass is 127. The van der Waals surface area contributed by atoms with Crippen molar-refractivity contribution in [2.24, 2.45) is 7.05 Å². The Morgan fingerprint density at radius 1 is 1.00 bits per heavy atom. The highest BCUT2D eigenvalue weighted by Crippen LogP contribution is 2.37. The molecule has 0 atom stereocenters. The molecule has 138 valence electrons. The fourth-order valence-electron chi connectivity index (χ4n) is 2.69. The summed E-state index contributed by atoms with van der Waals surface area (Å²) >= 11 is 4.51. The van der Waals surface area contributed by atoms with Crippen molar-refractivity contribution in [2.45, 2.75) is 0 Å². The van der Waals surface area contributed by atoms with Gasteiger partial charge in [0.05, 0.1) is 39.1 Å². The fourth-order valence-corrected chi connectivity index (χ4v) is 4.90. The molecule has 0 saturated carbocycles. The summed E-state index contributed by atoms with van der Waals surface area (Å²) in [6.07, 6.45) is 1.73. The second-order valence-electron chi connectivity index (χ2n) is 5.38. The third kappa shape index (κ3) is 3.94. The van der Waals surface area contributed by atoms with Gasteiger partial charge in [0.2, 0.25) is 0 Å². The van der Waals surface area contributed by atoms with E-state index in [0.717, 1.165) is 29.8 Å². The monoisotopic (exact) mass is 600 g/mol. The number of aryl methyl sites for hydroxylation is 1. The van der Waals surface area contributed by atoms with Gasteiger partial charge >= 0.3 is 0 Å². The molecule has 2 aromatic carbocycles. The minimum Gasteiger partial charge on any atom is -0.495 e. The number of ether oxygens (including phenoxy) is 2. The van der Waals surface area contributed by atoms with Crippen LogP contribution in [-0.2, 0) is 7.05 Å². The summed E-state index contributed by atoms with van der Waals surface area (Å²) in [6.45, 7) is 0. The first-order valence-corrected chi connectivity index (χ1v) is 9.50. The Bertz CT molecular complexity index is 924. The van der Waals surface area contributed by atoms with Crippen molar-refractivity contribution in [1.82, 2.24) is 9.55 Å². The summed E-state index contributed by atoms with van der Waals surface area (Å²) in [7, 11) is 5.04. The van der Waals surface area contributed by atoms with E-state index in [-0.39, 0.29) is 18.2 Å². The minimum absolute atomic E-state index is 0. The van der Waals surface area contributed by atoms with Crippen LogP contribution in [0, 0.1) is 13.0 Å². The lowest BCUT2D eigenvalue weighted by atomic mass is 10.0. The molecule has 0 aliphatic carbocycles. The Kier molecular flexibility index (Phi) is 7.14. The van der Waals surface area contributed by atoms with Crippen LogP contribution in [0.1, 0.15) is 0 Å². The number of hydrogen-bond acceptors (Lipinski definition) is 3. The Hall–Kier alpha value is -1.07. The second-order valence-corrected chi connectivity index (χ2v) is 7.70. The van der Waals surface area contributed by atoms with Gasteiger partial charge < -0.3 is 14.0 Å². The lowest BCUT2D eigenvalue weighted by Gasteiger charge is -2.12. The van der Waals surface area contributed by atoms with Crippen LogP contribution in [0.4, 0.5) is 4.39 Å². The maximum Gasteiger partial charge on any atom is 0.165 e. The summed E-state index contributed by atoms with van der Waals surface area (Å²) in [6, 6.07) is 8.96. The molecule has 0 bridgehead atoms. The Morgan fingerprint density at radius 3 is 2.19 bits per heavy atom. The highest BCUT2D eigenvalue weighted by molar-refractivity contribution is 14.1. The highest BCUT2D eigenvalue weighted by Gasteiger charge is 2.18. The van der Waals surface area contributed by atoms with Crippen molar-refractivity contribution in [3.63, 3.8) is 0 Å². The number of nitrogens with zero attached hydrogens (tertiary/aromatic N) is 2. The SMILES string of the molecule is COc1ccc(-c2ncn(C)c2-c2cc(I)c(OC)c(I)c2)cc1F.Cl. The molecule has 26 heavy (non-hydrogen) atoms. The summed E-state index contributed by atoms with van der Waals surface area (Å²) in [5.41, 5.74) is 3.35. The fraction of sp³-hybridized carbons (Fsp3) is 0.167. The van der Waals surface area contributed by atoms with Crippen LogP contribution >= 0.6 is 57.6 Å². The molecule has 0 spiro atoms. The smallest absolute Gasteiger partial charge is 0.165 e. The van der Waals surface area contributed by atoms with E-state index in [1.165, 1.54) is 13.2 Å². The number of imidazole rings is 1. The topological polar surface area (TPSA) is 36.3 Å². The van der Waals surface area contributed by atoms with Crippen LogP contribution in [0.2, 0.25) is 0 Å². The van der Waals surface area contributed by atoms with Gasteiger partial charge in [0.15, 0.2) is 11.6 Å². The third-order valence-corrected chi connectivity index (χ3v) is 5.44. The molecule has 0 unspecified atom stereocenters. The lowest BCUT2D eigenvalue weighted by Crippen LogP contribution is -1.96. The van der Waals surface area contributed by atoms with Gasteiger partial charge in [-0.2, -0.15) is 0 Å². The number of halogens is 4. The largest absolute Gasteiger partial charge is 0.495 e. The molecule has 0 saturated heterocycles. The van der Waals surface area contributed by atoms with Gasteiger partial charge in [0.1, 0.15) is 5.75 Å². The van der Waals surface area contributed by atoms with Crippen molar-refractivity contribution >= 4 is 57.6 Å². The molecule has 4 nitrogen and oxygen atoms in total. The van der Waals surface area contributed by atoms with E-state index < -0.39 is 5.82 Å². The zero-order chi connectivity index (χ0) is 18.1. The van der Waals surface area contributed by atoms with Gasteiger partial charge in [-0.1, -0.05) is 0 Å². The first-order valence-electron chi connectivity index (χ1n) is 7.35. The van der Waals surface area contributed by atoms with Gasteiger partial charge in [0, 0.05) is 18.2 Å². The molecule has 8 heteroatoms. The summed E-state index contributed by atoms with van der Waals surface area (Å²) in [5.74, 6) is 0.662. The van der Waals surface area contributed by atoms with Crippen molar-refractivity contribution in [3.05, 3.63) is 49.6 Å². The molecule has 3 aromatic rings. The summed E-state index contributed by atoms with van der Waals surface area (Å²) < 4.78 is 28.5. The van der Waals surface area contributed by atoms with Crippen LogP contribution in [0.3, 0.4) is 0 Å². The molecular formula is C18H16ClFI2N2O2. The maximum absolute atomic E-state index is 14.1. The van der Waals surface area contributed by atoms with Gasteiger partial charge in [0.25, 0.3) is 0 Å². The van der Waals surface area contributed by atoms with E-state index in [0.29, 0.717) is 5.56 Å². The van der Waals surface area contributed by atoms with Crippen LogP contribution in [-0.4, -0.2) is 23.8 Å². The first kappa shape index (κ1) is 21.2. The Morgan fingerprint density at radius 2 is 1.65 bits per heavy atom. The predicted octanol–water partition coefficient (Wildman–Crippen LogP) is 5.54. The molecule has 1 aromatic heterocycles. The third-order valence-electron chi connectivity index (χ3n) is 3.84. The van der Waals surface area contributed by atoms with Crippen LogP contribution < -0.4 is 9.47 Å². The van der Waals surface area contributed by atoms with Gasteiger partial charge in [-0.3, -0.25) is 0 Å². The standard InChI is InChI=1S/C18H15FI2N2O2.ClH/c1-23-9-22-16(10-4-5-15(24-2)12(19)6-10)17(23)11-7-13(20)18(25-3)14(21)8-11;/h4-9H,1-3H3;1H. The van der Waals surface area contributed by atoms with Crippen LogP contribution in [0.5, 0.6) is 11.5 Å². The van der Waals surface area contributed by atoms with Crippen LogP contribution in [0.25, 0.3) is 22.5 Å². The number of rotatable bonds is 4. The molecule has 1 heterocycles. The molecule has 0 aliphatic heterocycles. The van der Waals surface area contributed by atoms with E-state index in [4.69, 9.17) is 9.47 Å². The van der Waals surface area contributed by atoms with Crippen molar-refractivity contribution in [1.29, 1.82) is 0 Å². The van der Waals surface area contributed by atoms with E-state index in [2.05, 4.69) is 50.2 Å². The normalized spacial score (nSPS) is 10.4. The average Bonchev–Trinajstić information content (AvgIpc) is 2.96. The van der Waals surface area contributed by atoms with Crippen molar-refractivity contribution < 1.29 is 13.9 Å². The average molecular weight is 601 g/mol. The second kappa shape index (κ2) is 8.75. The van der Waals surface area contributed by atoms with Gasteiger partial charge in [-0.05, 0) is 75.5 Å². The van der Waals surface area contributed by atoms with Crippen LogP contribution in [0.15, 0.2) is 36.7 Å². The zero-order valence-corrected chi connectivity index (χ0v) is 19.3. The van der Waals surface area contributed by atoms with E-state index in [1.54, 1.807) is 19.5 Å². The van der Waals surface area contributed by atoms with E-state index in [9.17, 15) is 4.39 Å². The Labute approximate surface area is 184 Å². The molecule has 0 radical (unpaired) electrons. The number of benzene rings is 2. The molecular weight excluding hydrogens is 584 g/mol. The quantitative estimate of drug-likeness (QED) is 0.369. The molecule has 0 amide bonds. The number of aromatic nitrogens is 2. The molecule has 0 N–H and O–H groups in total. The lowest BCUT2D eigenvalue weighted by molar-refractivity contribution is 0.386. The van der Waals surface area contributed by atoms with Gasteiger partial charge in [-0.15, -0.1) is 12.4 Å². The van der Waals surface area contributed by atoms with E-state index >= 15 is 0 Å². The maximum atomic E-state index is 14.1. The first-order chi connectivity index (χ1) is 12.0. The zero-order valence-electron chi connectivity index (χ0n) is 14.2. The van der Waals surface area contributed by atoms with Gasteiger partial charge in [-0.25, -0.2) is 9.37 Å². The predicted molar refractivity (Wildman–Crippen MR) is 120 cm³/mol. The Balaban J connectivity index is 0.00000243. The minimum atomic E-state index is -0.407. The molecule has 0 fully saturated rings.